The van der Waals surface area contributed by atoms with Gasteiger partial charge in [0.25, 0.3) is 0 Å². The summed E-state index contributed by atoms with van der Waals surface area (Å²) in [6, 6.07) is 6.75. The van der Waals surface area contributed by atoms with E-state index in [0.717, 1.165) is 58.0 Å². The van der Waals surface area contributed by atoms with Crippen LogP contribution in [0.2, 0.25) is 0 Å². The van der Waals surface area contributed by atoms with Crippen molar-refractivity contribution in [1.82, 2.24) is 20.1 Å². The topological polar surface area (TPSA) is 77.6 Å². The van der Waals surface area contributed by atoms with Crippen LogP contribution in [0.15, 0.2) is 24.3 Å². The van der Waals surface area contributed by atoms with Crippen LogP contribution in [0.5, 0.6) is 0 Å². The SMILES string of the molecule is CC(=O)c1sc(NC(=O)N[C@H]2CN(CC3CC3)CC[C@H]2CN2CCC[C@@H](Cc3ccc(F)cc3)C2)nc1C. The molecule has 0 radical (unpaired) electrons. The third kappa shape index (κ3) is 7.39. The largest absolute Gasteiger partial charge is 0.333 e. The Labute approximate surface area is 229 Å². The van der Waals surface area contributed by atoms with Gasteiger partial charge in [-0.1, -0.05) is 23.5 Å². The highest BCUT2D eigenvalue weighted by Crippen LogP contribution is 2.32. The maximum atomic E-state index is 13.3. The minimum Gasteiger partial charge on any atom is -0.333 e. The van der Waals surface area contributed by atoms with Crippen LogP contribution in [0.25, 0.3) is 0 Å². The summed E-state index contributed by atoms with van der Waals surface area (Å²) in [5, 5.41) is 6.62. The lowest BCUT2D eigenvalue weighted by Gasteiger charge is -2.42. The molecular weight excluding hydrogens is 501 g/mol. The number of ketones is 1. The van der Waals surface area contributed by atoms with Crippen LogP contribution in [-0.4, -0.2) is 71.9 Å². The number of carbonyl (C=O) groups excluding carboxylic acids is 2. The second kappa shape index (κ2) is 12.2. The number of nitrogens with zero attached hydrogens (tertiary/aromatic N) is 3. The molecule has 2 N–H and O–H groups in total. The Morgan fingerprint density at radius 2 is 1.79 bits per heavy atom. The van der Waals surface area contributed by atoms with Gasteiger partial charge in [0.05, 0.1) is 10.6 Å². The molecule has 2 amide bonds. The van der Waals surface area contributed by atoms with Gasteiger partial charge in [0.15, 0.2) is 10.9 Å². The fraction of sp³-hybridized carbons (Fsp3) is 0.621. The van der Waals surface area contributed by atoms with E-state index in [2.05, 4.69) is 25.4 Å². The first-order chi connectivity index (χ1) is 18.3. The van der Waals surface area contributed by atoms with Gasteiger partial charge in [-0.3, -0.25) is 10.1 Å². The normalized spacial score (nSPS) is 24.8. The Morgan fingerprint density at radius 3 is 2.50 bits per heavy atom. The summed E-state index contributed by atoms with van der Waals surface area (Å²) in [4.78, 5) is 34.9. The average molecular weight is 542 g/mol. The van der Waals surface area contributed by atoms with E-state index in [0.29, 0.717) is 27.5 Å². The van der Waals surface area contributed by atoms with Gasteiger partial charge < -0.3 is 15.1 Å². The number of Topliss-reactive ketones (excluding diaryl/α,β-unsaturated/α-hetero) is 1. The van der Waals surface area contributed by atoms with E-state index in [4.69, 9.17) is 0 Å². The molecule has 9 heteroatoms. The molecule has 0 bridgehead atoms. The number of rotatable bonds is 9. The van der Waals surface area contributed by atoms with E-state index in [1.165, 1.54) is 49.5 Å². The quantitative estimate of drug-likeness (QED) is 0.439. The van der Waals surface area contributed by atoms with E-state index < -0.39 is 0 Å². The molecule has 0 spiro atoms. The first-order valence-electron chi connectivity index (χ1n) is 14.1. The number of piperidine rings is 2. The summed E-state index contributed by atoms with van der Waals surface area (Å²) in [6.07, 6.45) is 7.07. The molecular formula is C29H40FN5O2S. The van der Waals surface area contributed by atoms with Crippen molar-refractivity contribution in [2.24, 2.45) is 17.8 Å². The predicted octanol–water partition coefficient (Wildman–Crippen LogP) is 4.97. The molecule has 2 aromatic rings. The maximum absolute atomic E-state index is 13.3. The molecule has 3 heterocycles. The molecule has 1 aromatic carbocycles. The zero-order chi connectivity index (χ0) is 26.6. The zero-order valence-electron chi connectivity index (χ0n) is 22.5. The number of amides is 2. The molecule has 0 unspecified atom stereocenters. The molecule has 206 valence electrons. The van der Waals surface area contributed by atoms with Crippen molar-refractivity contribution in [3.8, 4) is 0 Å². The standard InChI is InChI=1S/C29H40FN5O2S/c1-19-27(20(2)36)38-29(31-19)33-28(37)32-26-18-35(15-22-5-6-22)13-11-24(26)17-34-12-3-4-23(16-34)14-21-7-9-25(30)10-8-21/h7-10,22-24,26H,3-6,11-18H2,1-2H3,(H2,31,32,33,37)/t23-,24-,26-/m0/s1. The van der Waals surface area contributed by atoms with Crippen LogP contribution in [-0.2, 0) is 6.42 Å². The fourth-order valence-corrected chi connectivity index (χ4v) is 6.99. The number of aryl methyl sites for hydroxylation is 1. The van der Waals surface area contributed by atoms with E-state index in [1.54, 1.807) is 19.1 Å². The number of benzene rings is 1. The monoisotopic (exact) mass is 541 g/mol. The molecule has 3 atom stereocenters. The van der Waals surface area contributed by atoms with Gasteiger partial charge in [0.1, 0.15) is 5.82 Å². The van der Waals surface area contributed by atoms with E-state index in [-0.39, 0.29) is 23.7 Å². The minimum absolute atomic E-state index is 0.0317. The summed E-state index contributed by atoms with van der Waals surface area (Å²) >= 11 is 1.23. The van der Waals surface area contributed by atoms with Gasteiger partial charge in [-0.15, -0.1) is 0 Å². The van der Waals surface area contributed by atoms with Crippen molar-refractivity contribution in [2.45, 2.75) is 58.4 Å². The third-order valence-corrected chi connectivity index (χ3v) is 9.41. The molecule has 5 rings (SSSR count). The Balaban J connectivity index is 1.20. The average Bonchev–Trinajstić information content (AvgIpc) is 3.61. The van der Waals surface area contributed by atoms with Crippen molar-refractivity contribution in [2.75, 3.05) is 44.6 Å². The number of carbonyl (C=O) groups is 2. The van der Waals surface area contributed by atoms with Crippen molar-refractivity contribution in [3.05, 3.63) is 46.2 Å². The Hall–Kier alpha value is -2.36. The number of hydrogen-bond donors (Lipinski definition) is 2. The molecule has 1 aliphatic carbocycles. The van der Waals surface area contributed by atoms with Crippen molar-refractivity contribution in [3.63, 3.8) is 0 Å². The highest BCUT2D eigenvalue weighted by Gasteiger charge is 2.35. The fourth-order valence-electron chi connectivity index (χ4n) is 6.13. The van der Waals surface area contributed by atoms with Crippen molar-refractivity contribution >= 4 is 28.3 Å². The maximum Gasteiger partial charge on any atom is 0.321 e. The number of likely N-dealkylation sites (tertiary alicyclic amines) is 2. The van der Waals surface area contributed by atoms with Gasteiger partial charge >= 0.3 is 6.03 Å². The van der Waals surface area contributed by atoms with Gasteiger partial charge in [-0.05, 0) is 94.0 Å². The Bertz CT molecular complexity index is 1120. The zero-order valence-corrected chi connectivity index (χ0v) is 23.4. The molecule has 3 fully saturated rings. The van der Waals surface area contributed by atoms with Gasteiger partial charge in [0.2, 0.25) is 0 Å². The minimum atomic E-state index is -0.245. The Morgan fingerprint density at radius 1 is 1.03 bits per heavy atom. The smallest absolute Gasteiger partial charge is 0.321 e. The molecule has 1 saturated carbocycles. The van der Waals surface area contributed by atoms with Crippen molar-refractivity contribution in [1.29, 1.82) is 0 Å². The first-order valence-corrected chi connectivity index (χ1v) is 14.9. The summed E-state index contributed by atoms with van der Waals surface area (Å²) in [5.41, 5.74) is 1.86. The van der Waals surface area contributed by atoms with Crippen LogP contribution in [0.3, 0.4) is 0 Å². The summed E-state index contributed by atoms with van der Waals surface area (Å²) < 4.78 is 13.3. The lowest BCUT2D eigenvalue weighted by atomic mass is 9.87. The third-order valence-electron chi connectivity index (χ3n) is 8.24. The second-order valence-electron chi connectivity index (χ2n) is 11.5. The Kier molecular flexibility index (Phi) is 8.75. The van der Waals surface area contributed by atoms with Gasteiger partial charge in [0, 0.05) is 39.1 Å². The molecule has 2 aliphatic heterocycles. The van der Waals surface area contributed by atoms with E-state index in [1.807, 2.05) is 12.1 Å². The highest BCUT2D eigenvalue weighted by molar-refractivity contribution is 7.17. The highest BCUT2D eigenvalue weighted by atomic mass is 32.1. The lowest BCUT2D eigenvalue weighted by molar-refractivity contribution is 0.0882. The predicted molar refractivity (Wildman–Crippen MR) is 149 cm³/mol. The van der Waals surface area contributed by atoms with Crippen LogP contribution in [0, 0.1) is 30.5 Å². The molecule has 1 aromatic heterocycles. The summed E-state index contributed by atoms with van der Waals surface area (Å²) in [6.45, 7) is 9.52. The van der Waals surface area contributed by atoms with Crippen LogP contribution < -0.4 is 10.6 Å². The number of urea groups is 1. The van der Waals surface area contributed by atoms with Gasteiger partial charge in [-0.2, -0.15) is 0 Å². The number of nitrogens with one attached hydrogen (secondary N) is 2. The number of halogens is 1. The van der Waals surface area contributed by atoms with Crippen LogP contribution in [0.4, 0.5) is 14.3 Å². The lowest BCUT2D eigenvalue weighted by Crippen LogP contribution is -2.56. The van der Waals surface area contributed by atoms with Crippen LogP contribution >= 0.6 is 11.3 Å². The van der Waals surface area contributed by atoms with E-state index in [9.17, 15) is 14.0 Å². The van der Waals surface area contributed by atoms with Crippen molar-refractivity contribution < 1.29 is 14.0 Å². The van der Waals surface area contributed by atoms with Gasteiger partial charge in [-0.25, -0.2) is 14.2 Å². The molecule has 2 saturated heterocycles. The molecule has 3 aliphatic rings. The molecule has 38 heavy (non-hydrogen) atoms. The summed E-state index contributed by atoms with van der Waals surface area (Å²) in [5.74, 6) is 1.56. The number of hydrogen-bond acceptors (Lipinski definition) is 6. The molecule has 7 nitrogen and oxygen atoms in total. The number of thiazole rings is 1. The van der Waals surface area contributed by atoms with Crippen LogP contribution in [0.1, 0.15) is 60.0 Å². The van der Waals surface area contributed by atoms with E-state index >= 15 is 0 Å². The second-order valence-corrected chi connectivity index (χ2v) is 12.5. The number of anilines is 1. The summed E-state index contributed by atoms with van der Waals surface area (Å²) in [7, 11) is 0. The number of aromatic nitrogens is 1. The first kappa shape index (κ1) is 27.2.